The van der Waals surface area contributed by atoms with E-state index in [0.29, 0.717) is 5.56 Å². The van der Waals surface area contributed by atoms with Crippen LogP contribution < -0.4 is 0 Å². The van der Waals surface area contributed by atoms with E-state index >= 15 is 0 Å². The number of halogens is 1. The Hall–Kier alpha value is -0.910. The molecule has 15 heavy (non-hydrogen) atoms. The molecular weight excluding hydrogens is 307 g/mol. The number of carbonyl (C=O) groups is 2. The highest BCUT2D eigenvalue weighted by molar-refractivity contribution is 14.1. The quantitative estimate of drug-likeness (QED) is 0.488. The first-order valence-electron chi connectivity index (χ1n) is 4.40. The zero-order chi connectivity index (χ0) is 11.4. The molecule has 1 rings (SSSR count). The number of methoxy groups -OCH3 is 1. The van der Waals surface area contributed by atoms with Gasteiger partial charge >= 0.3 is 5.97 Å². The van der Waals surface area contributed by atoms with Crippen LogP contribution in [-0.2, 0) is 16.0 Å². The molecule has 1 aromatic carbocycles. The molecule has 0 aliphatic rings. The van der Waals surface area contributed by atoms with Crippen LogP contribution in [0, 0.1) is 3.57 Å². The highest BCUT2D eigenvalue weighted by Gasteiger charge is 2.08. The predicted octanol–water partition coefficient (Wildman–Crippen LogP) is 2.21. The smallest absolute Gasteiger partial charge is 0.309 e. The molecule has 80 valence electrons. The van der Waals surface area contributed by atoms with Gasteiger partial charge in [-0.05, 0) is 41.1 Å². The summed E-state index contributed by atoms with van der Waals surface area (Å²) in [7, 11) is 1.36. The van der Waals surface area contributed by atoms with Crippen molar-refractivity contribution in [2.24, 2.45) is 0 Å². The van der Waals surface area contributed by atoms with Crippen molar-refractivity contribution in [2.45, 2.75) is 13.3 Å². The summed E-state index contributed by atoms with van der Waals surface area (Å²) in [4.78, 5) is 22.2. The summed E-state index contributed by atoms with van der Waals surface area (Å²) in [6, 6.07) is 5.34. The van der Waals surface area contributed by atoms with Crippen molar-refractivity contribution in [3.8, 4) is 0 Å². The minimum absolute atomic E-state index is 0.0315. The second kappa shape index (κ2) is 5.25. The van der Waals surface area contributed by atoms with Gasteiger partial charge in [-0.25, -0.2) is 0 Å². The van der Waals surface area contributed by atoms with Crippen molar-refractivity contribution in [3.63, 3.8) is 0 Å². The SMILES string of the molecule is COC(=O)Cc1ccc(C(C)=O)c(I)c1. The highest BCUT2D eigenvalue weighted by Crippen LogP contribution is 2.15. The molecule has 0 aliphatic carbocycles. The van der Waals surface area contributed by atoms with Gasteiger partial charge in [-0.1, -0.05) is 12.1 Å². The van der Waals surface area contributed by atoms with Crippen molar-refractivity contribution in [2.75, 3.05) is 7.11 Å². The third-order valence-corrected chi connectivity index (χ3v) is 2.88. The summed E-state index contributed by atoms with van der Waals surface area (Å²) >= 11 is 2.09. The normalized spacial score (nSPS) is 9.80. The Morgan fingerprint density at radius 2 is 2.07 bits per heavy atom. The first-order chi connectivity index (χ1) is 7.04. The Morgan fingerprint density at radius 3 is 2.53 bits per heavy atom. The lowest BCUT2D eigenvalue weighted by Crippen LogP contribution is -2.05. The second-order valence-corrected chi connectivity index (χ2v) is 4.29. The van der Waals surface area contributed by atoms with Gasteiger partial charge in [-0.15, -0.1) is 0 Å². The van der Waals surface area contributed by atoms with Crippen LogP contribution in [0.5, 0.6) is 0 Å². The van der Waals surface area contributed by atoms with Gasteiger partial charge in [-0.2, -0.15) is 0 Å². The Balaban J connectivity index is 2.91. The molecule has 1 aromatic rings. The number of ether oxygens (including phenoxy) is 1. The molecule has 3 nitrogen and oxygen atoms in total. The zero-order valence-corrected chi connectivity index (χ0v) is 10.7. The van der Waals surface area contributed by atoms with Gasteiger partial charge in [0.15, 0.2) is 5.78 Å². The summed E-state index contributed by atoms with van der Waals surface area (Å²) in [6.07, 6.45) is 0.241. The number of Topliss-reactive ketones (excluding diaryl/α,β-unsaturated/α-hetero) is 1. The monoisotopic (exact) mass is 318 g/mol. The number of benzene rings is 1. The van der Waals surface area contributed by atoms with Gasteiger partial charge in [0.25, 0.3) is 0 Å². The topological polar surface area (TPSA) is 43.4 Å². The molecule has 0 aromatic heterocycles. The van der Waals surface area contributed by atoms with Crippen LogP contribution in [0.1, 0.15) is 22.8 Å². The molecule has 0 amide bonds. The summed E-state index contributed by atoms with van der Waals surface area (Å²) in [5.41, 5.74) is 1.54. The summed E-state index contributed by atoms with van der Waals surface area (Å²) in [5.74, 6) is -0.245. The van der Waals surface area contributed by atoms with Crippen molar-refractivity contribution in [1.82, 2.24) is 0 Å². The number of rotatable bonds is 3. The van der Waals surface area contributed by atoms with Gasteiger partial charge in [0.05, 0.1) is 13.5 Å². The van der Waals surface area contributed by atoms with E-state index in [0.717, 1.165) is 9.13 Å². The molecule has 0 bridgehead atoms. The summed E-state index contributed by atoms with van der Waals surface area (Å²) in [6.45, 7) is 1.53. The number of carbonyl (C=O) groups excluding carboxylic acids is 2. The molecule has 0 heterocycles. The third kappa shape index (κ3) is 3.30. The molecule has 0 unspecified atom stereocenters. The summed E-state index contributed by atoms with van der Waals surface area (Å²) < 4.78 is 5.43. The number of hydrogen-bond donors (Lipinski definition) is 0. The van der Waals surface area contributed by atoms with E-state index in [2.05, 4.69) is 27.3 Å². The van der Waals surface area contributed by atoms with E-state index in [4.69, 9.17) is 0 Å². The van der Waals surface area contributed by atoms with Gasteiger partial charge in [0, 0.05) is 9.13 Å². The molecule has 0 saturated heterocycles. The molecule has 0 aliphatic heterocycles. The largest absolute Gasteiger partial charge is 0.469 e. The van der Waals surface area contributed by atoms with Crippen molar-refractivity contribution in [3.05, 3.63) is 32.9 Å². The molecule has 0 spiro atoms. The molecule has 0 saturated carbocycles. The van der Waals surface area contributed by atoms with Crippen molar-refractivity contribution < 1.29 is 14.3 Å². The fourth-order valence-corrected chi connectivity index (χ4v) is 2.15. The number of hydrogen-bond acceptors (Lipinski definition) is 3. The Labute approximate surface area is 102 Å². The molecule has 0 atom stereocenters. The van der Waals surface area contributed by atoms with Gasteiger partial charge < -0.3 is 4.74 Å². The van der Waals surface area contributed by atoms with Crippen LogP contribution in [0.15, 0.2) is 18.2 Å². The maximum atomic E-state index is 11.2. The molecule has 0 fully saturated rings. The van der Waals surface area contributed by atoms with Crippen LogP contribution in [-0.4, -0.2) is 18.9 Å². The van der Waals surface area contributed by atoms with Crippen molar-refractivity contribution in [1.29, 1.82) is 0 Å². The Morgan fingerprint density at radius 1 is 1.40 bits per heavy atom. The third-order valence-electron chi connectivity index (χ3n) is 1.99. The first-order valence-corrected chi connectivity index (χ1v) is 5.48. The maximum Gasteiger partial charge on any atom is 0.309 e. The van der Waals surface area contributed by atoms with E-state index in [1.165, 1.54) is 14.0 Å². The number of ketones is 1. The van der Waals surface area contributed by atoms with Crippen LogP contribution in [0.25, 0.3) is 0 Å². The zero-order valence-electron chi connectivity index (χ0n) is 8.54. The van der Waals surface area contributed by atoms with E-state index in [9.17, 15) is 9.59 Å². The Kier molecular flexibility index (Phi) is 4.26. The van der Waals surface area contributed by atoms with Crippen LogP contribution in [0.3, 0.4) is 0 Å². The van der Waals surface area contributed by atoms with Gasteiger partial charge in [-0.3, -0.25) is 9.59 Å². The fourth-order valence-electron chi connectivity index (χ4n) is 1.19. The second-order valence-electron chi connectivity index (χ2n) is 3.12. The van der Waals surface area contributed by atoms with E-state index in [-0.39, 0.29) is 18.2 Å². The lowest BCUT2D eigenvalue weighted by Gasteiger charge is -2.04. The van der Waals surface area contributed by atoms with Crippen LogP contribution in [0.2, 0.25) is 0 Å². The standard InChI is InChI=1S/C11H11IO3/c1-7(13)9-4-3-8(5-10(9)12)6-11(14)15-2/h3-5H,6H2,1-2H3. The molecule has 0 radical (unpaired) electrons. The minimum atomic E-state index is -0.277. The lowest BCUT2D eigenvalue weighted by atomic mass is 10.1. The highest BCUT2D eigenvalue weighted by atomic mass is 127. The maximum absolute atomic E-state index is 11.2. The lowest BCUT2D eigenvalue weighted by molar-refractivity contribution is -0.139. The fraction of sp³-hybridized carbons (Fsp3) is 0.273. The Bertz CT molecular complexity index is 399. The minimum Gasteiger partial charge on any atom is -0.469 e. The van der Waals surface area contributed by atoms with Gasteiger partial charge in [0.2, 0.25) is 0 Å². The average molecular weight is 318 g/mol. The van der Waals surface area contributed by atoms with Crippen LogP contribution in [0.4, 0.5) is 0 Å². The average Bonchev–Trinajstić information content (AvgIpc) is 2.17. The van der Waals surface area contributed by atoms with Crippen molar-refractivity contribution >= 4 is 34.3 Å². The van der Waals surface area contributed by atoms with Gasteiger partial charge in [0.1, 0.15) is 0 Å². The van der Waals surface area contributed by atoms with E-state index in [1.807, 2.05) is 6.07 Å². The molecule has 0 N–H and O–H groups in total. The molecule has 4 heteroatoms. The van der Waals surface area contributed by atoms with E-state index < -0.39 is 0 Å². The van der Waals surface area contributed by atoms with Crippen LogP contribution >= 0.6 is 22.6 Å². The first kappa shape index (κ1) is 12.2. The number of esters is 1. The molecular formula is C11H11IO3. The van der Waals surface area contributed by atoms with E-state index in [1.54, 1.807) is 12.1 Å². The predicted molar refractivity (Wildman–Crippen MR) is 64.9 cm³/mol. The summed E-state index contributed by atoms with van der Waals surface area (Å²) in [5, 5.41) is 0.